The summed E-state index contributed by atoms with van der Waals surface area (Å²) in [6, 6.07) is 0. The average Bonchev–Trinajstić information content (AvgIpc) is 2.75. The third-order valence-electron chi connectivity index (χ3n) is 9.78. The highest BCUT2D eigenvalue weighted by atomic mass is 16.5. The molecule has 0 aromatic carbocycles. The smallest absolute Gasteiger partial charge is 0.311 e. The van der Waals surface area contributed by atoms with Crippen LogP contribution >= 0.6 is 0 Å². The summed E-state index contributed by atoms with van der Waals surface area (Å²) in [5.41, 5.74) is -0.303. The van der Waals surface area contributed by atoms with Gasteiger partial charge < -0.3 is 14.9 Å². The monoisotopic (exact) mass is 364 g/mol. The number of hydrogen-bond donors (Lipinski definition) is 2. The molecule has 4 aliphatic rings. The molecule has 4 aliphatic carbocycles. The standard InChI is InChI=1S/C22H36O4/c1-19-10-6-16-20(2)8-5-9-21(3,18(25)26-4)15(20)7-11-22(16,13-19)14(12-23)17(19)24/h14-17,23-24H,5-13H2,1-4H3/t14-,15+,16+,17-,19+,20-,21-,22-/m1/s1. The van der Waals surface area contributed by atoms with Crippen LogP contribution in [0.3, 0.4) is 0 Å². The first kappa shape index (κ1) is 18.7. The lowest BCUT2D eigenvalue weighted by Gasteiger charge is -2.64. The van der Waals surface area contributed by atoms with Crippen LogP contribution in [0.4, 0.5) is 0 Å². The van der Waals surface area contributed by atoms with E-state index in [9.17, 15) is 15.0 Å². The second-order valence-electron chi connectivity index (χ2n) is 10.7. The topological polar surface area (TPSA) is 66.8 Å². The van der Waals surface area contributed by atoms with E-state index in [1.54, 1.807) is 0 Å². The minimum absolute atomic E-state index is 0.0101. The second-order valence-corrected chi connectivity index (χ2v) is 10.7. The molecule has 0 aliphatic heterocycles. The zero-order chi connectivity index (χ0) is 19.0. The van der Waals surface area contributed by atoms with Crippen LogP contribution in [-0.2, 0) is 9.53 Å². The predicted molar refractivity (Wildman–Crippen MR) is 99.3 cm³/mol. The largest absolute Gasteiger partial charge is 0.469 e. The van der Waals surface area contributed by atoms with Crippen LogP contribution in [0.1, 0.15) is 72.1 Å². The summed E-state index contributed by atoms with van der Waals surface area (Å²) < 4.78 is 5.24. The van der Waals surface area contributed by atoms with Gasteiger partial charge in [-0.25, -0.2) is 0 Å². The van der Waals surface area contributed by atoms with E-state index in [-0.39, 0.29) is 34.7 Å². The number of aliphatic hydroxyl groups is 2. The average molecular weight is 365 g/mol. The number of fused-ring (bicyclic) bond motifs is 3. The molecule has 4 rings (SSSR count). The molecular weight excluding hydrogens is 328 g/mol. The Balaban J connectivity index is 1.77. The van der Waals surface area contributed by atoms with Crippen molar-refractivity contribution in [1.29, 1.82) is 0 Å². The van der Waals surface area contributed by atoms with E-state index in [4.69, 9.17) is 4.74 Å². The highest BCUT2D eigenvalue weighted by molar-refractivity contribution is 5.77. The second kappa shape index (κ2) is 5.70. The summed E-state index contributed by atoms with van der Waals surface area (Å²) in [7, 11) is 1.52. The Morgan fingerprint density at radius 3 is 2.42 bits per heavy atom. The summed E-state index contributed by atoms with van der Waals surface area (Å²) in [6.07, 6.45) is 7.98. The zero-order valence-electron chi connectivity index (χ0n) is 16.9. The van der Waals surface area contributed by atoms with Crippen molar-refractivity contribution >= 4 is 5.97 Å². The third kappa shape index (κ3) is 2.06. The van der Waals surface area contributed by atoms with E-state index < -0.39 is 11.5 Å². The molecule has 0 heterocycles. The van der Waals surface area contributed by atoms with Crippen molar-refractivity contribution in [2.45, 2.75) is 78.2 Å². The highest BCUT2D eigenvalue weighted by Crippen LogP contribution is 2.75. The van der Waals surface area contributed by atoms with E-state index >= 15 is 0 Å². The number of esters is 1. The molecule has 4 saturated carbocycles. The molecule has 4 nitrogen and oxygen atoms in total. The number of carbonyl (C=O) groups is 1. The number of aliphatic hydroxyl groups excluding tert-OH is 2. The molecule has 2 N–H and O–H groups in total. The van der Waals surface area contributed by atoms with Crippen molar-refractivity contribution < 1.29 is 19.7 Å². The first-order valence-electron chi connectivity index (χ1n) is 10.6. The highest BCUT2D eigenvalue weighted by Gasteiger charge is 2.71. The molecule has 0 aromatic heterocycles. The molecule has 2 bridgehead atoms. The minimum Gasteiger partial charge on any atom is -0.469 e. The molecule has 8 atom stereocenters. The number of hydrogen-bond acceptors (Lipinski definition) is 4. The lowest BCUT2D eigenvalue weighted by molar-refractivity contribution is -0.191. The van der Waals surface area contributed by atoms with Crippen LogP contribution in [0, 0.1) is 39.4 Å². The van der Waals surface area contributed by atoms with Gasteiger partial charge >= 0.3 is 5.97 Å². The first-order chi connectivity index (χ1) is 12.2. The van der Waals surface area contributed by atoms with E-state index in [1.807, 2.05) is 0 Å². The molecule has 26 heavy (non-hydrogen) atoms. The minimum atomic E-state index is -0.395. The summed E-state index contributed by atoms with van der Waals surface area (Å²) in [6.45, 7) is 6.84. The van der Waals surface area contributed by atoms with Crippen molar-refractivity contribution in [1.82, 2.24) is 0 Å². The van der Waals surface area contributed by atoms with E-state index in [1.165, 1.54) is 7.11 Å². The maximum atomic E-state index is 12.7. The van der Waals surface area contributed by atoms with Gasteiger partial charge in [0.05, 0.1) is 18.6 Å². The summed E-state index contributed by atoms with van der Waals surface area (Å²) in [4.78, 5) is 12.7. The van der Waals surface area contributed by atoms with Crippen molar-refractivity contribution in [3.8, 4) is 0 Å². The third-order valence-corrected chi connectivity index (χ3v) is 9.78. The Hall–Kier alpha value is -0.610. The molecule has 0 amide bonds. The SMILES string of the molecule is COC(=O)[C@]1(C)CCC[C@@]2(C)[C@@H]3CC[C@@]4(C)C[C@]3(CC[C@@H]21)[C@H](CO)[C@H]4O. The molecule has 0 saturated heterocycles. The van der Waals surface area contributed by atoms with Crippen molar-refractivity contribution in [3.63, 3.8) is 0 Å². The maximum absolute atomic E-state index is 12.7. The van der Waals surface area contributed by atoms with Crippen LogP contribution in [0.2, 0.25) is 0 Å². The first-order valence-corrected chi connectivity index (χ1v) is 10.6. The van der Waals surface area contributed by atoms with E-state index in [0.717, 1.165) is 51.4 Å². The summed E-state index contributed by atoms with van der Waals surface area (Å²) in [5.74, 6) is 0.771. The Morgan fingerprint density at radius 1 is 1.08 bits per heavy atom. The van der Waals surface area contributed by atoms with Gasteiger partial charge in [0.2, 0.25) is 0 Å². The molecule has 0 aromatic rings. The zero-order valence-corrected chi connectivity index (χ0v) is 16.9. The van der Waals surface area contributed by atoms with Crippen molar-refractivity contribution in [3.05, 3.63) is 0 Å². The van der Waals surface area contributed by atoms with Crippen LogP contribution in [0.25, 0.3) is 0 Å². The van der Waals surface area contributed by atoms with Crippen LogP contribution < -0.4 is 0 Å². The molecule has 4 fully saturated rings. The number of carbonyl (C=O) groups excluding carboxylic acids is 1. The van der Waals surface area contributed by atoms with Gasteiger partial charge in [-0.2, -0.15) is 0 Å². The van der Waals surface area contributed by atoms with Gasteiger partial charge in [0.1, 0.15) is 0 Å². The Morgan fingerprint density at radius 2 is 1.77 bits per heavy atom. The normalized spacial score (nSPS) is 55.8. The number of methoxy groups -OCH3 is 1. The molecule has 148 valence electrons. The number of rotatable bonds is 2. The van der Waals surface area contributed by atoms with Gasteiger partial charge in [0.25, 0.3) is 0 Å². The lowest BCUT2D eigenvalue weighted by atomic mass is 9.39. The van der Waals surface area contributed by atoms with Gasteiger partial charge in [0, 0.05) is 12.5 Å². The Kier molecular flexibility index (Phi) is 4.11. The van der Waals surface area contributed by atoms with Crippen LogP contribution in [0.15, 0.2) is 0 Å². The molecule has 4 heteroatoms. The van der Waals surface area contributed by atoms with Gasteiger partial charge in [-0.1, -0.05) is 20.3 Å². The van der Waals surface area contributed by atoms with Gasteiger partial charge in [0.15, 0.2) is 0 Å². The number of ether oxygens (including phenoxy) is 1. The molecule has 0 unspecified atom stereocenters. The fraction of sp³-hybridized carbons (Fsp3) is 0.955. The van der Waals surface area contributed by atoms with E-state index in [2.05, 4.69) is 20.8 Å². The van der Waals surface area contributed by atoms with Gasteiger partial charge in [-0.05, 0) is 80.0 Å². The fourth-order valence-electron chi connectivity index (χ4n) is 8.75. The molecule has 1 spiro atoms. The van der Waals surface area contributed by atoms with Crippen molar-refractivity contribution in [2.24, 2.45) is 39.4 Å². The van der Waals surface area contributed by atoms with E-state index in [0.29, 0.717) is 11.8 Å². The fourth-order valence-corrected chi connectivity index (χ4v) is 8.75. The van der Waals surface area contributed by atoms with Gasteiger partial charge in [-0.3, -0.25) is 4.79 Å². The summed E-state index contributed by atoms with van der Waals surface area (Å²) in [5, 5.41) is 21.2. The molecule has 0 radical (unpaired) electrons. The Labute approximate surface area is 157 Å². The Bertz CT molecular complexity index is 605. The van der Waals surface area contributed by atoms with Crippen molar-refractivity contribution in [2.75, 3.05) is 13.7 Å². The quantitative estimate of drug-likeness (QED) is 0.736. The van der Waals surface area contributed by atoms with Crippen LogP contribution in [-0.4, -0.2) is 36.0 Å². The summed E-state index contributed by atoms with van der Waals surface area (Å²) >= 11 is 0. The predicted octanol–water partition coefficient (Wildman–Crippen LogP) is 3.54. The lowest BCUT2D eigenvalue weighted by Crippen LogP contribution is -2.60. The van der Waals surface area contributed by atoms with Gasteiger partial charge in [-0.15, -0.1) is 0 Å². The molecular formula is C22H36O4. The maximum Gasteiger partial charge on any atom is 0.311 e. The van der Waals surface area contributed by atoms with Crippen LogP contribution in [0.5, 0.6) is 0 Å².